The summed E-state index contributed by atoms with van der Waals surface area (Å²) in [5, 5.41) is 13.1. The van der Waals surface area contributed by atoms with Gasteiger partial charge in [-0.25, -0.2) is 0 Å². The van der Waals surface area contributed by atoms with Gasteiger partial charge < -0.3 is 10.1 Å². The van der Waals surface area contributed by atoms with E-state index >= 15 is 0 Å². The zero-order valence-electron chi connectivity index (χ0n) is 13.5. The number of benzene rings is 2. The zero-order valence-corrected chi connectivity index (χ0v) is 15.8. The van der Waals surface area contributed by atoms with Crippen LogP contribution in [0.15, 0.2) is 42.5 Å². The highest BCUT2D eigenvalue weighted by atomic mass is 35.5. The third-order valence-corrected chi connectivity index (χ3v) is 5.19. The number of rotatable bonds is 3. The number of aromatic nitrogens is 1. The monoisotopic (exact) mass is 396 g/mol. The molecule has 1 unspecified atom stereocenters. The Balaban J connectivity index is 0.00000182. The first-order valence-electron chi connectivity index (χ1n) is 8.05. The lowest BCUT2D eigenvalue weighted by molar-refractivity contribution is 0.105. The molecule has 0 bridgehead atoms. The van der Waals surface area contributed by atoms with Crippen LogP contribution in [0, 0.1) is 0 Å². The Morgan fingerprint density at radius 1 is 1.08 bits per heavy atom. The average molecular weight is 398 g/mol. The topological polar surface area (TPSA) is 39.3 Å². The van der Waals surface area contributed by atoms with Gasteiger partial charge in [-0.3, -0.25) is 4.90 Å². The van der Waals surface area contributed by atoms with Crippen LogP contribution < -0.4 is 0 Å². The summed E-state index contributed by atoms with van der Waals surface area (Å²) in [6, 6.07) is 13.4. The molecule has 1 atom stereocenters. The van der Waals surface area contributed by atoms with Gasteiger partial charge in [-0.05, 0) is 47.9 Å². The van der Waals surface area contributed by atoms with Crippen molar-refractivity contribution in [1.29, 1.82) is 0 Å². The van der Waals surface area contributed by atoms with Crippen LogP contribution in [0.25, 0.3) is 10.9 Å². The Bertz CT molecular complexity index is 876. The number of fused-ring (bicyclic) bond motifs is 3. The zero-order chi connectivity index (χ0) is 16.7. The van der Waals surface area contributed by atoms with E-state index in [2.05, 4.69) is 9.88 Å². The van der Waals surface area contributed by atoms with E-state index in [0.717, 1.165) is 35.6 Å². The van der Waals surface area contributed by atoms with Crippen LogP contribution in [0.5, 0.6) is 0 Å². The molecule has 2 aromatic carbocycles. The molecule has 1 aliphatic heterocycles. The summed E-state index contributed by atoms with van der Waals surface area (Å²) in [7, 11) is 0. The molecular formula is C19H19Cl3N2O. The van der Waals surface area contributed by atoms with E-state index in [9.17, 15) is 5.11 Å². The molecule has 0 spiro atoms. The Kier molecular flexibility index (Phi) is 5.62. The van der Waals surface area contributed by atoms with Crippen molar-refractivity contribution in [3.05, 3.63) is 69.3 Å². The van der Waals surface area contributed by atoms with E-state index in [0.29, 0.717) is 11.6 Å². The summed E-state index contributed by atoms with van der Waals surface area (Å²) in [6.45, 7) is 2.35. The molecule has 2 heterocycles. The van der Waals surface area contributed by atoms with Crippen LogP contribution in [0.4, 0.5) is 0 Å². The number of aliphatic hydroxyl groups excluding tert-OH is 1. The third kappa shape index (κ3) is 3.81. The van der Waals surface area contributed by atoms with Crippen molar-refractivity contribution in [3.63, 3.8) is 0 Å². The van der Waals surface area contributed by atoms with Crippen molar-refractivity contribution in [3.8, 4) is 0 Å². The van der Waals surface area contributed by atoms with Crippen molar-refractivity contribution >= 4 is 46.5 Å². The summed E-state index contributed by atoms with van der Waals surface area (Å²) in [5.41, 5.74) is 4.60. The van der Waals surface area contributed by atoms with Gasteiger partial charge in [0, 0.05) is 46.3 Å². The lowest BCUT2D eigenvalue weighted by atomic mass is 10.0. The Morgan fingerprint density at radius 2 is 1.80 bits per heavy atom. The molecule has 0 saturated carbocycles. The van der Waals surface area contributed by atoms with E-state index in [1.54, 1.807) is 0 Å². The summed E-state index contributed by atoms with van der Waals surface area (Å²) in [6.07, 6.45) is 0.450. The molecular weight excluding hydrogens is 379 g/mol. The average Bonchev–Trinajstić information content (AvgIpc) is 2.92. The first kappa shape index (κ1) is 18.6. The van der Waals surface area contributed by atoms with Crippen molar-refractivity contribution < 1.29 is 5.11 Å². The third-order valence-electron chi connectivity index (χ3n) is 4.70. The Labute approximate surface area is 163 Å². The van der Waals surface area contributed by atoms with E-state index in [4.69, 9.17) is 23.2 Å². The first-order valence-corrected chi connectivity index (χ1v) is 8.80. The van der Waals surface area contributed by atoms with Gasteiger partial charge in [0.25, 0.3) is 0 Å². The number of halogens is 3. The predicted molar refractivity (Wildman–Crippen MR) is 106 cm³/mol. The highest BCUT2D eigenvalue weighted by Gasteiger charge is 2.22. The van der Waals surface area contributed by atoms with Gasteiger partial charge in [0.05, 0.1) is 6.10 Å². The van der Waals surface area contributed by atoms with Crippen molar-refractivity contribution in [1.82, 2.24) is 9.88 Å². The molecule has 25 heavy (non-hydrogen) atoms. The van der Waals surface area contributed by atoms with Gasteiger partial charge in [-0.2, -0.15) is 0 Å². The van der Waals surface area contributed by atoms with Crippen LogP contribution in [0.3, 0.4) is 0 Å². The molecule has 3 nitrogen and oxygen atoms in total. The highest BCUT2D eigenvalue weighted by Crippen LogP contribution is 2.30. The van der Waals surface area contributed by atoms with Gasteiger partial charge in [0.15, 0.2) is 0 Å². The fourth-order valence-corrected chi connectivity index (χ4v) is 3.76. The van der Waals surface area contributed by atoms with Crippen molar-refractivity contribution in [2.75, 3.05) is 13.1 Å². The standard InChI is InChI=1S/C19H18Cl2N2O.ClH/c20-13-3-1-12(2-4-13)19(24)11-23-8-7-15-16-9-14(21)5-6-17(16)22-18(15)10-23;/h1-6,9,19,22,24H,7-8,10-11H2;1H. The molecule has 0 aliphatic carbocycles. The minimum absolute atomic E-state index is 0. The molecule has 0 amide bonds. The number of aliphatic hydroxyl groups is 1. The number of β-amino-alcohol motifs (C(OH)–C–C–N with tert-alkyl or cyclic N) is 1. The number of nitrogens with zero attached hydrogens (tertiary/aromatic N) is 1. The molecule has 0 saturated heterocycles. The largest absolute Gasteiger partial charge is 0.387 e. The molecule has 1 aromatic heterocycles. The Hall–Kier alpha value is -1.23. The van der Waals surface area contributed by atoms with E-state index in [1.807, 2.05) is 42.5 Å². The predicted octanol–water partition coefficient (Wildman–Crippen LogP) is 4.99. The second-order valence-corrected chi connectivity index (χ2v) is 7.20. The molecule has 132 valence electrons. The highest BCUT2D eigenvalue weighted by molar-refractivity contribution is 6.31. The second-order valence-electron chi connectivity index (χ2n) is 6.32. The Morgan fingerprint density at radius 3 is 2.56 bits per heavy atom. The summed E-state index contributed by atoms with van der Waals surface area (Å²) < 4.78 is 0. The van der Waals surface area contributed by atoms with Crippen LogP contribution >= 0.6 is 35.6 Å². The molecule has 6 heteroatoms. The minimum Gasteiger partial charge on any atom is -0.387 e. The lowest BCUT2D eigenvalue weighted by Gasteiger charge is -2.29. The van der Waals surface area contributed by atoms with Gasteiger partial charge >= 0.3 is 0 Å². The molecule has 1 aliphatic rings. The first-order chi connectivity index (χ1) is 11.6. The summed E-state index contributed by atoms with van der Waals surface area (Å²) in [5.74, 6) is 0. The molecule has 4 rings (SSSR count). The van der Waals surface area contributed by atoms with Crippen LogP contribution in [0.2, 0.25) is 10.0 Å². The number of aromatic amines is 1. The van der Waals surface area contributed by atoms with E-state index in [1.165, 1.54) is 16.6 Å². The molecule has 0 fully saturated rings. The maximum Gasteiger partial charge on any atom is 0.0917 e. The van der Waals surface area contributed by atoms with Crippen LogP contribution in [-0.4, -0.2) is 28.1 Å². The summed E-state index contributed by atoms with van der Waals surface area (Å²) >= 11 is 12.0. The van der Waals surface area contributed by atoms with Crippen molar-refractivity contribution in [2.45, 2.75) is 19.1 Å². The number of hydrogen-bond acceptors (Lipinski definition) is 2. The van der Waals surface area contributed by atoms with Gasteiger partial charge in [0.1, 0.15) is 0 Å². The quantitative estimate of drug-likeness (QED) is 0.653. The molecule has 2 N–H and O–H groups in total. The van der Waals surface area contributed by atoms with Gasteiger partial charge in [-0.1, -0.05) is 35.3 Å². The number of nitrogens with one attached hydrogen (secondary N) is 1. The normalized spacial score (nSPS) is 15.6. The fraction of sp³-hybridized carbons (Fsp3) is 0.263. The van der Waals surface area contributed by atoms with E-state index in [-0.39, 0.29) is 12.4 Å². The maximum atomic E-state index is 10.5. The smallest absolute Gasteiger partial charge is 0.0917 e. The number of H-pyrrole nitrogens is 1. The van der Waals surface area contributed by atoms with Gasteiger partial charge in [0.2, 0.25) is 0 Å². The minimum atomic E-state index is -0.511. The molecule has 0 radical (unpaired) electrons. The number of hydrogen-bond donors (Lipinski definition) is 2. The van der Waals surface area contributed by atoms with Crippen LogP contribution in [-0.2, 0) is 13.0 Å². The lowest BCUT2D eigenvalue weighted by Crippen LogP contribution is -2.33. The van der Waals surface area contributed by atoms with Gasteiger partial charge in [-0.15, -0.1) is 12.4 Å². The maximum absolute atomic E-state index is 10.5. The van der Waals surface area contributed by atoms with Crippen molar-refractivity contribution in [2.24, 2.45) is 0 Å². The van der Waals surface area contributed by atoms with Crippen LogP contribution in [0.1, 0.15) is 22.9 Å². The SMILES string of the molecule is Cl.OC(CN1CCc2c([nH]c3ccc(Cl)cc23)C1)c1ccc(Cl)cc1. The second kappa shape index (κ2) is 7.56. The fourth-order valence-electron chi connectivity index (χ4n) is 3.46. The summed E-state index contributed by atoms with van der Waals surface area (Å²) in [4.78, 5) is 5.77. The van der Waals surface area contributed by atoms with E-state index < -0.39 is 6.10 Å². The molecule has 3 aromatic rings.